The topological polar surface area (TPSA) is 0 Å². The summed E-state index contributed by atoms with van der Waals surface area (Å²) in [6, 6.07) is 0. The van der Waals surface area contributed by atoms with Crippen molar-refractivity contribution in [1.82, 2.24) is 0 Å². The van der Waals surface area contributed by atoms with Gasteiger partial charge in [0.05, 0.1) is 0 Å². The summed E-state index contributed by atoms with van der Waals surface area (Å²) in [4.78, 5) is 0. The van der Waals surface area contributed by atoms with E-state index < -0.39 is 0 Å². The van der Waals surface area contributed by atoms with Gasteiger partial charge in [0.15, 0.2) is 0 Å². The van der Waals surface area contributed by atoms with Crippen LogP contribution < -0.4 is 0 Å². The van der Waals surface area contributed by atoms with Gasteiger partial charge < -0.3 is 0 Å². The predicted octanol–water partition coefficient (Wildman–Crippen LogP) is 4.42. The molecule has 11 heavy (non-hydrogen) atoms. The van der Waals surface area contributed by atoms with Crippen LogP contribution in [0.4, 0.5) is 0 Å². The van der Waals surface area contributed by atoms with Gasteiger partial charge in [-0.1, -0.05) is 45.8 Å². The molecule has 0 spiro atoms. The van der Waals surface area contributed by atoms with E-state index in [9.17, 15) is 0 Å². The molecule has 0 heterocycles. The summed E-state index contributed by atoms with van der Waals surface area (Å²) < 4.78 is 0. The Morgan fingerprint density at radius 3 is 1.64 bits per heavy atom. The Kier molecular flexibility index (Phi) is 11.8. The molecular weight excluding hydrogens is 132 g/mol. The van der Waals surface area contributed by atoms with Crippen molar-refractivity contribution in [3.63, 3.8) is 0 Å². The number of rotatable bonds is 2. The molecule has 0 atom stereocenters. The Labute approximate surface area is 72.7 Å². The first-order valence-corrected chi connectivity index (χ1v) is 4.70. The zero-order chi connectivity index (χ0) is 9.28. The number of hydrogen-bond donors (Lipinski definition) is 0. The Morgan fingerprint density at radius 1 is 1.27 bits per heavy atom. The van der Waals surface area contributed by atoms with Gasteiger partial charge in [-0.2, -0.15) is 0 Å². The first-order chi connectivity index (χ1) is 5.08. The molecule has 0 N–H and O–H groups in total. The smallest absolute Gasteiger partial charge is 0.0352 e. The fraction of sp³-hybridized carbons (Fsp3) is 0.818. The van der Waals surface area contributed by atoms with Gasteiger partial charge in [-0.25, -0.2) is 0 Å². The normalized spacial score (nSPS) is 11.0. The highest BCUT2D eigenvalue weighted by atomic mass is 13.9. The lowest BCUT2D eigenvalue weighted by Crippen LogP contribution is -1.77. The summed E-state index contributed by atoms with van der Waals surface area (Å²) in [5.41, 5.74) is 1.47. The van der Waals surface area contributed by atoms with E-state index in [4.69, 9.17) is 0 Å². The molecule has 0 radical (unpaired) electrons. The maximum absolute atomic E-state index is 2.22. The lowest BCUT2D eigenvalue weighted by molar-refractivity contribution is 0.626. The van der Waals surface area contributed by atoms with Gasteiger partial charge in [0.1, 0.15) is 0 Å². The first kappa shape index (κ1) is 13.3. The Hall–Kier alpha value is -0.260. The molecule has 0 aliphatic carbocycles. The maximum Gasteiger partial charge on any atom is -0.0352 e. The molecule has 0 aliphatic heterocycles. The van der Waals surface area contributed by atoms with Crippen LogP contribution in [-0.4, -0.2) is 0 Å². The van der Waals surface area contributed by atoms with Crippen LogP contribution >= 0.6 is 0 Å². The van der Waals surface area contributed by atoms with Crippen molar-refractivity contribution in [3.05, 3.63) is 11.6 Å². The Bertz CT molecular complexity index is 88.2. The lowest BCUT2D eigenvalue weighted by atomic mass is 10.2. The van der Waals surface area contributed by atoms with Crippen LogP contribution in [0.2, 0.25) is 0 Å². The Morgan fingerprint density at radius 2 is 1.64 bits per heavy atom. The third-order valence-corrected chi connectivity index (χ3v) is 1.87. The Balaban J connectivity index is 0. The zero-order valence-corrected chi connectivity index (χ0v) is 9.07. The average molecular weight is 156 g/mol. The second-order valence-corrected chi connectivity index (χ2v) is 3.29. The molecule has 0 heteroatoms. The molecule has 0 bridgehead atoms. The van der Waals surface area contributed by atoms with Gasteiger partial charge in [-0.3, -0.25) is 0 Å². The van der Waals surface area contributed by atoms with Crippen molar-refractivity contribution in [3.8, 4) is 0 Å². The van der Waals surface area contributed by atoms with Crippen LogP contribution in [-0.2, 0) is 0 Å². The largest absolute Gasteiger partial charge is 0.0887 e. The molecule has 0 fully saturated rings. The highest BCUT2D eigenvalue weighted by molar-refractivity contribution is 4.93. The van der Waals surface area contributed by atoms with Crippen molar-refractivity contribution in [2.75, 3.05) is 0 Å². The summed E-state index contributed by atoms with van der Waals surface area (Å²) in [6.07, 6.45) is 4.64. The third-order valence-electron chi connectivity index (χ3n) is 1.87. The minimum absolute atomic E-state index is 0.884. The second kappa shape index (κ2) is 9.74. The van der Waals surface area contributed by atoms with Gasteiger partial charge in [0.25, 0.3) is 0 Å². The number of hydrogen-bond acceptors (Lipinski definition) is 0. The molecule has 0 aromatic carbocycles. The fourth-order valence-electron chi connectivity index (χ4n) is 0.204. The molecule has 0 saturated heterocycles. The average Bonchev–Trinajstić information content (AvgIpc) is 2.04. The molecule has 0 rings (SSSR count). The quantitative estimate of drug-likeness (QED) is 0.519. The zero-order valence-electron chi connectivity index (χ0n) is 9.07. The molecule has 0 amide bonds. The van der Waals surface area contributed by atoms with Crippen molar-refractivity contribution in [2.24, 2.45) is 5.92 Å². The van der Waals surface area contributed by atoms with Crippen LogP contribution in [0.15, 0.2) is 11.6 Å². The highest BCUT2D eigenvalue weighted by Gasteiger charge is 1.80. The van der Waals surface area contributed by atoms with E-state index in [2.05, 4.69) is 47.6 Å². The van der Waals surface area contributed by atoms with Crippen molar-refractivity contribution >= 4 is 0 Å². The fourth-order valence-corrected chi connectivity index (χ4v) is 0.204. The number of allylic oxidation sites excluding steroid dienone is 2. The minimum Gasteiger partial charge on any atom is -0.0887 e. The summed E-state index contributed by atoms with van der Waals surface area (Å²) >= 11 is 0. The van der Waals surface area contributed by atoms with Crippen LogP contribution in [0.3, 0.4) is 0 Å². The molecule has 0 aromatic rings. The van der Waals surface area contributed by atoms with E-state index in [-0.39, 0.29) is 0 Å². The highest BCUT2D eigenvalue weighted by Crippen LogP contribution is 1.94. The predicted molar refractivity (Wildman–Crippen MR) is 54.9 cm³/mol. The van der Waals surface area contributed by atoms with Crippen LogP contribution in [0.1, 0.15) is 54.4 Å². The molecule has 0 nitrogen and oxygen atoms in total. The van der Waals surface area contributed by atoms with Crippen molar-refractivity contribution in [1.29, 1.82) is 0 Å². The summed E-state index contributed by atoms with van der Waals surface area (Å²) in [6.45, 7) is 13.0. The monoisotopic (exact) mass is 156 g/mol. The molecule has 68 valence electrons. The minimum atomic E-state index is 0.884. The van der Waals surface area contributed by atoms with E-state index in [0.717, 1.165) is 5.92 Å². The van der Waals surface area contributed by atoms with Gasteiger partial charge in [-0.05, 0) is 26.2 Å². The molecule has 0 saturated carbocycles. The second-order valence-electron chi connectivity index (χ2n) is 3.29. The first-order valence-electron chi connectivity index (χ1n) is 4.70. The van der Waals surface area contributed by atoms with Gasteiger partial charge >= 0.3 is 0 Å². The third kappa shape index (κ3) is 17.7. The summed E-state index contributed by atoms with van der Waals surface area (Å²) in [7, 11) is 0. The van der Waals surface area contributed by atoms with Gasteiger partial charge in [0.2, 0.25) is 0 Å². The van der Waals surface area contributed by atoms with E-state index >= 15 is 0 Å². The van der Waals surface area contributed by atoms with Crippen LogP contribution in [0.25, 0.3) is 0 Å². The van der Waals surface area contributed by atoms with Crippen LogP contribution in [0.5, 0.6) is 0 Å². The van der Waals surface area contributed by atoms with E-state index in [1.165, 1.54) is 18.4 Å². The SMILES string of the molecule is C/C=C(\C)CC.CCC(C)C. The lowest BCUT2D eigenvalue weighted by Gasteiger charge is -1.90. The summed E-state index contributed by atoms with van der Waals surface area (Å²) in [5, 5.41) is 0. The molecular formula is C11H24. The molecule has 0 aromatic heterocycles. The van der Waals surface area contributed by atoms with Gasteiger partial charge in [-0.15, -0.1) is 0 Å². The van der Waals surface area contributed by atoms with E-state index in [0.29, 0.717) is 0 Å². The standard InChI is InChI=1S/C6H12.C5H12/c1-4-6(3)5-2;1-4-5(2)3/h4H,5H2,1-3H3;5H,4H2,1-3H3/b6-4+;. The van der Waals surface area contributed by atoms with Crippen LogP contribution in [0, 0.1) is 5.92 Å². The van der Waals surface area contributed by atoms with Crippen molar-refractivity contribution in [2.45, 2.75) is 54.4 Å². The maximum atomic E-state index is 2.22. The van der Waals surface area contributed by atoms with Crippen molar-refractivity contribution < 1.29 is 0 Å². The van der Waals surface area contributed by atoms with E-state index in [1.807, 2.05) is 0 Å². The molecule has 0 aliphatic rings. The van der Waals surface area contributed by atoms with E-state index in [1.54, 1.807) is 0 Å². The molecule has 0 unspecified atom stereocenters. The van der Waals surface area contributed by atoms with Gasteiger partial charge in [0, 0.05) is 0 Å². The summed E-state index contributed by atoms with van der Waals surface area (Å²) in [5.74, 6) is 0.884.